The predicted molar refractivity (Wildman–Crippen MR) is 76.9 cm³/mol. The maximum atomic E-state index is 11.5. The van der Waals surface area contributed by atoms with Gasteiger partial charge in [-0.15, -0.1) is 0 Å². The van der Waals surface area contributed by atoms with Crippen LogP contribution in [0.3, 0.4) is 0 Å². The fourth-order valence-corrected chi connectivity index (χ4v) is 1.99. The van der Waals surface area contributed by atoms with Gasteiger partial charge in [0.05, 0.1) is 0 Å². The van der Waals surface area contributed by atoms with Gasteiger partial charge in [-0.25, -0.2) is 0 Å². The van der Waals surface area contributed by atoms with Crippen LogP contribution in [0, 0.1) is 6.92 Å². The van der Waals surface area contributed by atoms with Crippen LogP contribution in [-0.2, 0) is 11.2 Å². The molecule has 1 aromatic carbocycles. The summed E-state index contributed by atoms with van der Waals surface area (Å²) >= 11 is 0. The molecule has 1 aromatic rings. The van der Waals surface area contributed by atoms with Crippen LogP contribution >= 0.6 is 0 Å². The maximum absolute atomic E-state index is 11.5. The van der Waals surface area contributed by atoms with E-state index in [4.69, 9.17) is 0 Å². The number of rotatable bonds is 9. The Bertz CT molecular complexity index is 343. The second kappa shape index (κ2) is 8.87. The molecule has 1 N–H and O–H groups in total. The van der Waals surface area contributed by atoms with E-state index in [0.717, 1.165) is 45.1 Å². The number of carbonyl (C=O) groups is 1. The summed E-state index contributed by atoms with van der Waals surface area (Å²) in [7, 11) is 1.92. The first kappa shape index (κ1) is 14.9. The lowest BCUT2D eigenvalue weighted by Crippen LogP contribution is -2.09. The van der Waals surface area contributed by atoms with Crippen LogP contribution < -0.4 is 5.32 Å². The molecule has 0 atom stereocenters. The molecule has 0 fully saturated rings. The first-order chi connectivity index (χ1) is 8.72. The summed E-state index contributed by atoms with van der Waals surface area (Å²) < 4.78 is 0. The van der Waals surface area contributed by atoms with Gasteiger partial charge in [0.15, 0.2) is 0 Å². The number of hydrogen-bond acceptors (Lipinski definition) is 2. The third kappa shape index (κ3) is 6.55. The van der Waals surface area contributed by atoms with Crippen molar-refractivity contribution in [1.82, 2.24) is 5.32 Å². The Morgan fingerprint density at radius 3 is 2.39 bits per heavy atom. The summed E-state index contributed by atoms with van der Waals surface area (Å²) in [4.78, 5) is 11.5. The van der Waals surface area contributed by atoms with E-state index in [1.807, 2.05) is 7.05 Å². The zero-order valence-electron chi connectivity index (χ0n) is 11.7. The standard InChI is InChI=1S/C16H25NO/c1-14-9-11-15(12-10-14)6-3-4-7-16(18)8-5-13-17-2/h9-12,17H,3-8,13H2,1-2H3. The molecular weight excluding hydrogens is 222 g/mol. The van der Waals surface area contributed by atoms with E-state index < -0.39 is 0 Å². The summed E-state index contributed by atoms with van der Waals surface area (Å²) in [5, 5.41) is 3.06. The minimum Gasteiger partial charge on any atom is -0.320 e. The van der Waals surface area contributed by atoms with Crippen LogP contribution in [0.2, 0.25) is 0 Å². The normalized spacial score (nSPS) is 10.6. The van der Waals surface area contributed by atoms with Crippen LogP contribution in [0.4, 0.5) is 0 Å². The fourth-order valence-electron chi connectivity index (χ4n) is 1.99. The van der Waals surface area contributed by atoms with E-state index in [9.17, 15) is 4.79 Å². The van der Waals surface area contributed by atoms with Crippen molar-refractivity contribution in [3.05, 3.63) is 35.4 Å². The Balaban J connectivity index is 2.07. The van der Waals surface area contributed by atoms with Crippen LogP contribution in [-0.4, -0.2) is 19.4 Å². The van der Waals surface area contributed by atoms with Gasteiger partial charge < -0.3 is 5.32 Å². The summed E-state index contributed by atoms with van der Waals surface area (Å²) in [5.74, 6) is 0.411. The van der Waals surface area contributed by atoms with E-state index in [-0.39, 0.29) is 0 Å². The molecular formula is C16H25NO. The summed E-state index contributed by atoms with van der Waals surface area (Å²) in [6.45, 7) is 3.04. The third-order valence-corrected chi connectivity index (χ3v) is 3.17. The molecule has 0 aliphatic heterocycles. The van der Waals surface area contributed by atoms with Crippen LogP contribution in [0.25, 0.3) is 0 Å². The Morgan fingerprint density at radius 1 is 1.06 bits per heavy atom. The number of hydrogen-bond donors (Lipinski definition) is 1. The molecule has 0 amide bonds. The largest absolute Gasteiger partial charge is 0.320 e. The van der Waals surface area contributed by atoms with Gasteiger partial charge in [0.25, 0.3) is 0 Å². The van der Waals surface area contributed by atoms with Gasteiger partial charge in [-0.3, -0.25) is 4.79 Å². The Labute approximate surface area is 111 Å². The highest BCUT2D eigenvalue weighted by molar-refractivity contribution is 5.78. The second-order valence-electron chi connectivity index (χ2n) is 4.94. The highest BCUT2D eigenvalue weighted by Gasteiger charge is 2.01. The van der Waals surface area contributed by atoms with Crippen molar-refractivity contribution >= 4 is 5.78 Å². The Hall–Kier alpha value is -1.15. The molecule has 0 aliphatic carbocycles. The molecule has 0 aromatic heterocycles. The lowest BCUT2D eigenvalue weighted by Gasteiger charge is -2.03. The molecule has 0 spiro atoms. The second-order valence-corrected chi connectivity index (χ2v) is 4.94. The SMILES string of the molecule is CNCCCC(=O)CCCCc1ccc(C)cc1. The molecule has 2 heteroatoms. The van der Waals surface area contributed by atoms with E-state index in [0.29, 0.717) is 5.78 Å². The van der Waals surface area contributed by atoms with Gasteiger partial charge in [-0.1, -0.05) is 29.8 Å². The van der Waals surface area contributed by atoms with Gasteiger partial charge in [0.2, 0.25) is 0 Å². The monoisotopic (exact) mass is 247 g/mol. The number of carbonyl (C=O) groups excluding carboxylic acids is 1. The average molecular weight is 247 g/mol. The van der Waals surface area contributed by atoms with Crippen LogP contribution in [0.15, 0.2) is 24.3 Å². The first-order valence-corrected chi connectivity index (χ1v) is 6.94. The number of benzene rings is 1. The summed E-state index contributed by atoms with van der Waals surface area (Å²) in [5.41, 5.74) is 2.68. The van der Waals surface area contributed by atoms with Gasteiger partial charge in [0.1, 0.15) is 5.78 Å². The van der Waals surface area contributed by atoms with Crippen molar-refractivity contribution in [3.8, 4) is 0 Å². The molecule has 18 heavy (non-hydrogen) atoms. The number of nitrogens with one attached hydrogen (secondary N) is 1. The number of aryl methyl sites for hydroxylation is 2. The van der Waals surface area contributed by atoms with E-state index in [2.05, 4.69) is 36.5 Å². The topological polar surface area (TPSA) is 29.1 Å². The van der Waals surface area contributed by atoms with E-state index >= 15 is 0 Å². The lowest BCUT2D eigenvalue weighted by atomic mass is 10.0. The first-order valence-electron chi connectivity index (χ1n) is 6.94. The zero-order chi connectivity index (χ0) is 13.2. The highest BCUT2D eigenvalue weighted by Crippen LogP contribution is 2.09. The molecule has 0 saturated carbocycles. The van der Waals surface area contributed by atoms with Crippen molar-refractivity contribution in [2.75, 3.05) is 13.6 Å². The fraction of sp³-hybridized carbons (Fsp3) is 0.562. The minimum absolute atomic E-state index is 0.411. The quantitative estimate of drug-likeness (QED) is 0.679. The molecule has 0 saturated heterocycles. The third-order valence-electron chi connectivity index (χ3n) is 3.17. The van der Waals surface area contributed by atoms with Gasteiger partial charge in [0, 0.05) is 12.8 Å². The predicted octanol–water partition coefficient (Wildman–Crippen LogP) is 3.28. The van der Waals surface area contributed by atoms with Crippen molar-refractivity contribution in [3.63, 3.8) is 0 Å². The van der Waals surface area contributed by atoms with Gasteiger partial charge >= 0.3 is 0 Å². The average Bonchev–Trinajstić information content (AvgIpc) is 2.37. The van der Waals surface area contributed by atoms with Crippen molar-refractivity contribution in [2.45, 2.75) is 45.4 Å². The maximum Gasteiger partial charge on any atom is 0.132 e. The number of unbranched alkanes of at least 4 members (excludes halogenated alkanes) is 1. The molecule has 100 valence electrons. The van der Waals surface area contributed by atoms with Crippen molar-refractivity contribution in [1.29, 1.82) is 0 Å². The Morgan fingerprint density at radius 2 is 1.72 bits per heavy atom. The molecule has 1 rings (SSSR count). The van der Waals surface area contributed by atoms with Crippen LogP contribution in [0.5, 0.6) is 0 Å². The van der Waals surface area contributed by atoms with Gasteiger partial charge in [-0.2, -0.15) is 0 Å². The number of ketones is 1. The molecule has 0 heterocycles. The molecule has 0 aliphatic rings. The number of Topliss-reactive ketones (excluding diaryl/α,β-unsaturated/α-hetero) is 1. The minimum atomic E-state index is 0.411. The summed E-state index contributed by atoms with van der Waals surface area (Å²) in [6.07, 6.45) is 5.66. The lowest BCUT2D eigenvalue weighted by molar-refractivity contribution is -0.119. The van der Waals surface area contributed by atoms with Crippen LogP contribution in [0.1, 0.15) is 43.2 Å². The zero-order valence-corrected chi connectivity index (χ0v) is 11.7. The summed E-state index contributed by atoms with van der Waals surface area (Å²) in [6, 6.07) is 8.67. The Kier molecular flexibility index (Phi) is 7.35. The van der Waals surface area contributed by atoms with Crippen molar-refractivity contribution in [2.24, 2.45) is 0 Å². The van der Waals surface area contributed by atoms with Crippen molar-refractivity contribution < 1.29 is 4.79 Å². The highest BCUT2D eigenvalue weighted by atomic mass is 16.1. The van der Waals surface area contributed by atoms with E-state index in [1.54, 1.807) is 0 Å². The molecule has 0 bridgehead atoms. The molecule has 0 radical (unpaired) electrons. The molecule has 0 unspecified atom stereocenters. The van der Waals surface area contributed by atoms with Gasteiger partial charge in [-0.05, 0) is 51.8 Å². The van der Waals surface area contributed by atoms with E-state index in [1.165, 1.54) is 11.1 Å². The molecule has 2 nitrogen and oxygen atoms in total. The smallest absolute Gasteiger partial charge is 0.132 e.